The summed E-state index contributed by atoms with van der Waals surface area (Å²) in [5.41, 5.74) is 0.856. The number of nitrogens with one attached hydrogen (secondary N) is 2. The lowest BCUT2D eigenvalue weighted by molar-refractivity contribution is -0.124. The van der Waals surface area contributed by atoms with Gasteiger partial charge in [0.1, 0.15) is 16.9 Å². The van der Waals surface area contributed by atoms with Crippen LogP contribution in [0.4, 0.5) is 11.4 Å². The van der Waals surface area contributed by atoms with Crippen LogP contribution in [0, 0.1) is 0 Å². The molecule has 0 bridgehead atoms. The number of aliphatic hydroxyl groups excluding tert-OH is 1. The third kappa shape index (κ3) is 3.91. The molecule has 2 atom stereocenters. The van der Waals surface area contributed by atoms with Crippen LogP contribution in [0.15, 0.2) is 60.9 Å². The van der Waals surface area contributed by atoms with Crippen molar-refractivity contribution in [2.75, 3.05) is 31.0 Å². The first-order valence-electron chi connectivity index (χ1n) is 11.2. The van der Waals surface area contributed by atoms with E-state index in [0.717, 1.165) is 5.39 Å². The van der Waals surface area contributed by atoms with Crippen molar-refractivity contribution in [3.05, 3.63) is 71.5 Å². The quantitative estimate of drug-likeness (QED) is 0.326. The van der Waals surface area contributed by atoms with E-state index in [0.29, 0.717) is 39.8 Å². The minimum Gasteiger partial charge on any atom is -0.493 e. The highest BCUT2D eigenvalue weighted by atomic mass is 35.5. The molecule has 2 unspecified atom stereocenters. The minimum atomic E-state index is -1.29. The SMILES string of the molecule is COCC1(C)C(=O)Nc2cnc3[nH]ccc3c2N1C(O)c1ccc(Oc2ccccc2OC)cc1Cl. The average Bonchev–Trinajstić information content (AvgIpc) is 3.34. The van der Waals surface area contributed by atoms with Crippen LogP contribution < -0.4 is 19.7 Å². The highest BCUT2D eigenvalue weighted by Crippen LogP contribution is 2.46. The van der Waals surface area contributed by atoms with Crippen LogP contribution in [0.3, 0.4) is 0 Å². The van der Waals surface area contributed by atoms with Gasteiger partial charge in [-0.2, -0.15) is 0 Å². The summed E-state index contributed by atoms with van der Waals surface area (Å²) in [6, 6.07) is 14.1. The van der Waals surface area contributed by atoms with Crippen LogP contribution in [0.1, 0.15) is 18.7 Å². The Morgan fingerprint density at radius 1 is 1.17 bits per heavy atom. The van der Waals surface area contributed by atoms with E-state index in [2.05, 4.69) is 15.3 Å². The molecule has 4 aromatic rings. The number of fused-ring (bicyclic) bond motifs is 3. The third-order valence-electron chi connectivity index (χ3n) is 6.29. The number of nitrogens with zero attached hydrogens (tertiary/aromatic N) is 2. The van der Waals surface area contributed by atoms with E-state index in [4.69, 9.17) is 25.8 Å². The maximum Gasteiger partial charge on any atom is 0.252 e. The molecule has 3 N–H and O–H groups in total. The molecule has 0 aliphatic carbocycles. The standard InChI is InChI=1S/C26H25ClN4O5/c1-26(14-34-2)25(33)30-19-13-29-23-17(10-11-28-23)22(19)31(26)24(32)16-9-8-15(12-18(16)27)36-21-7-5-4-6-20(21)35-3/h4-13,24,32H,14H2,1-3H3,(H,28,29)(H,30,33). The number of aliphatic hydroxyl groups is 1. The molecule has 0 saturated carbocycles. The van der Waals surface area contributed by atoms with Gasteiger partial charge in [-0.15, -0.1) is 0 Å². The maximum atomic E-state index is 13.2. The number of aromatic nitrogens is 2. The first-order chi connectivity index (χ1) is 17.4. The van der Waals surface area contributed by atoms with Crippen molar-refractivity contribution >= 4 is 39.9 Å². The number of halogens is 1. The van der Waals surface area contributed by atoms with Crippen LogP contribution >= 0.6 is 11.6 Å². The lowest BCUT2D eigenvalue weighted by Gasteiger charge is -2.47. The van der Waals surface area contributed by atoms with Gasteiger partial charge >= 0.3 is 0 Å². The highest BCUT2D eigenvalue weighted by molar-refractivity contribution is 6.31. The van der Waals surface area contributed by atoms with Crippen molar-refractivity contribution in [2.45, 2.75) is 18.7 Å². The Balaban J connectivity index is 1.57. The van der Waals surface area contributed by atoms with E-state index < -0.39 is 11.8 Å². The van der Waals surface area contributed by atoms with Gasteiger partial charge in [-0.3, -0.25) is 4.79 Å². The van der Waals surface area contributed by atoms with Gasteiger partial charge in [-0.05, 0) is 43.3 Å². The number of para-hydroxylation sites is 2. The van der Waals surface area contributed by atoms with Crippen molar-refractivity contribution in [3.63, 3.8) is 0 Å². The smallest absolute Gasteiger partial charge is 0.252 e. The van der Waals surface area contributed by atoms with E-state index >= 15 is 0 Å². The Hall–Kier alpha value is -3.79. The van der Waals surface area contributed by atoms with E-state index in [-0.39, 0.29) is 17.5 Å². The Labute approximate surface area is 212 Å². The molecule has 0 spiro atoms. The number of hydrogen-bond donors (Lipinski definition) is 3. The van der Waals surface area contributed by atoms with Crippen LogP contribution in [0.2, 0.25) is 5.02 Å². The summed E-state index contributed by atoms with van der Waals surface area (Å²) < 4.78 is 16.7. The topological polar surface area (TPSA) is 109 Å². The van der Waals surface area contributed by atoms with Crippen molar-refractivity contribution in [1.82, 2.24) is 9.97 Å². The Morgan fingerprint density at radius 3 is 2.67 bits per heavy atom. The second-order valence-corrected chi connectivity index (χ2v) is 9.01. The number of aromatic amines is 1. The predicted octanol–water partition coefficient (Wildman–Crippen LogP) is 4.87. The molecule has 2 aromatic carbocycles. The highest BCUT2D eigenvalue weighted by Gasteiger charge is 2.48. The summed E-state index contributed by atoms with van der Waals surface area (Å²) in [6.45, 7) is 1.74. The van der Waals surface area contributed by atoms with Crippen molar-refractivity contribution in [1.29, 1.82) is 0 Å². The Bertz CT molecular complexity index is 1440. The molecule has 5 rings (SSSR count). The maximum absolute atomic E-state index is 13.2. The van der Waals surface area contributed by atoms with Gasteiger partial charge in [0.2, 0.25) is 0 Å². The molecule has 3 heterocycles. The first kappa shape index (κ1) is 23.9. The number of carbonyl (C=O) groups is 1. The normalized spacial score (nSPS) is 18.0. The van der Waals surface area contributed by atoms with Gasteiger partial charge in [0.05, 0.1) is 36.3 Å². The van der Waals surface area contributed by atoms with Gasteiger partial charge in [-0.1, -0.05) is 23.7 Å². The van der Waals surface area contributed by atoms with Gasteiger partial charge in [-0.25, -0.2) is 4.98 Å². The number of ether oxygens (including phenoxy) is 3. The number of rotatable bonds is 7. The molecule has 36 heavy (non-hydrogen) atoms. The fraction of sp³-hybridized carbons (Fsp3) is 0.231. The number of H-pyrrole nitrogens is 1. The van der Waals surface area contributed by atoms with E-state index in [1.807, 2.05) is 18.2 Å². The summed E-state index contributed by atoms with van der Waals surface area (Å²) in [5, 5.41) is 15.6. The van der Waals surface area contributed by atoms with E-state index in [1.165, 1.54) is 7.11 Å². The molecule has 1 aliphatic heterocycles. The molecule has 0 radical (unpaired) electrons. The largest absolute Gasteiger partial charge is 0.493 e. The molecular formula is C26H25ClN4O5. The van der Waals surface area contributed by atoms with Gasteiger partial charge < -0.3 is 34.5 Å². The fourth-order valence-corrected chi connectivity index (χ4v) is 4.78. The number of carbonyl (C=O) groups excluding carboxylic acids is 1. The van der Waals surface area contributed by atoms with E-state index in [1.54, 1.807) is 61.7 Å². The lowest BCUT2D eigenvalue weighted by Crippen LogP contribution is -2.61. The summed E-state index contributed by atoms with van der Waals surface area (Å²) in [4.78, 5) is 22.3. The molecular weight excluding hydrogens is 484 g/mol. The van der Waals surface area contributed by atoms with Crippen molar-refractivity contribution in [3.8, 4) is 17.2 Å². The summed E-state index contributed by atoms with van der Waals surface area (Å²) in [7, 11) is 3.07. The van der Waals surface area contributed by atoms with Gasteiger partial charge in [0.15, 0.2) is 17.7 Å². The summed E-state index contributed by atoms with van der Waals surface area (Å²) in [6.07, 6.45) is 2.02. The molecule has 2 aromatic heterocycles. The number of pyridine rings is 1. The minimum absolute atomic E-state index is 0.0240. The zero-order chi connectivity index (χ0) is 25.4. The van der Waals surface area contributed by atoms with E-state index in [9.17, 15) is 9.90 Å². The molecule has 1 amide bonds. The van der Waals surface area contributed by atoms with Crippen LogP contribution in [-0.2, 0) is 9.53 Å². The summed E-state index contributed by atoms with van der Waals surface area (Å²) >= 11 is 6.67. The van der Waals surface area contributed by atoms with Crippen molar-refractivity contribution in [2.24, 2.45) is 0 Å². The van der Waals surface area contributed by atoms with Crippen LogP contribution in [0.5, 0.6) is 17.2 Å². The molecule has 0 saturated heterocycles. The zero-order valence-electron chi connectivity index (χ0n) is 19.9. The number of anilines is 2. The average molecular weight is 509 g/mol. The monoisotopic (exact) mass is 508 g/mol. The molecule has 10 heteroatoms. The molecule has 0 fully saturated rings. The number of benzene rings is 2. The van der Waals surface area contributed by atoms with Crippen LogP contribution in [-0.4, -0.2) is 47.3 Å². The fourth-order valence-electron chi connectivity index (χ4n) is 4.52. The Kier molecular flexibility index (Phi) is 6.21. The lowest BCUT2D eigenvalue weighted by atomic mass is 9.92. The van der Waals surface area contributed by atoms with Gasteiger partial charge in [0, 0.05) is 24.3 Å². The second kappa shape index (κ2) is 9.34. The molecule has 1 aliphatic rings. The zero-order valence-corrected chi connectivity index (χ0v) is 20.7. The molecule has 9 nitrogen and oxygen atoms in total. The number of hydrogen-bond acceptors (Lipinski definition) is 7. The van der Waals surface area contributed by atoms with Gasteiger partial charge in [0.25, 0.3) is 5.91 Å². The molecule has 186 valence electrons. The third-order valence-corrected chi connectivity index (χ3v) is 6.61. The first-order valence-corrected chi connectivity index (χ1v) is 11.6. The van der Waals surface area contributed by atoms with Crippen LogP contribution in [0.25, 0.3) is 11.0 Å². The van der Waals surface area contributed by atoms with Crippen molar-refractivity contribution < 1.29 is 24.1 Å². The number of amides is 1. The number of methoxy groups -OCH3 is 2. The predicted molar refractivity (Wildman–Crippen MR) is 137 cm³/mol. The second-order valence-electron chi connectivity index (χ2n) is 8.60. The Morgan fingerprint density at radius 2 is 1.94 bits per heavy atom. The summed E-state index contributed by atoms with van der Waals surface area (Å²) in [5.74, 6) is 1.24.